The summed E-state index contributed by atoms with van der Waals surface area (Å²) in [5, 5.41) is 13.0. The van der Waals surface area contributed by atoms with Gasteiger partial charge in [0.15, 0.2) is 0 Å². The van der Waals surface area contributed by atoms with Crippen LogP contribution in [0.3, 0.4) is 0 Å². The fraction of sp³-hybridized carbons (Fsp3) is 0.636. The van der Waals surface area contributed by atoms with Crippen molar-refractivity contribution in [2.45, 2.75) is 39.3 Å². The van der Waals surface area contributed by atoms with Gasteiger partial charge in [-0.25, -0.2) is 4.98 Å². The molecule has 5 heteroatoms. The molecule has 2 unspecified atom stereocenters. The van der Waals surface area contributed by atoms with Crippen molar-refractivity contribution in [2.24, 2.45) is 5.41 Å². The topological polar surface area (TPSA) is 84.1 Å². The molecule has 16 heavy (non-hydrogen) atoms. The highest BCUT2D eigenvalue weighted by atomic mass is 16.3. The number of aryl methyl sites for hydroxylation is 1. The molecule has 2 rings (SSSR count). The second kappa shape index (κ2) is 3.59. The van der Waals surface area contributed by atoms with Gasteiger partial charge in [-0.3, -0.25) is 0 Å². The van der Waals surface area contributed by atoms with Crippen molar-refractivity contribution in [1.82, 2.24) is 9.97 Å². The van der Waals surface area contributed by atoms with E-state index in [9.17, 15) is 5.11 Å². The molecule has 1 saturated carbocycles. The van der Waals surface area contributed by atoms with Gasteiger partial charge >= 0.3 is 0 Å². The maximum atomic E-state index is 9.65. The molecule has 88 valence electrons. The first kappa shape index (κ1) is 11.1. The largest absolute Gasteiger partial charge is 0.392 e. The highest BCUT2D eigenvalue weighted by Crippen LogP contribution is 2.42. The Morgan fingerprint density at radius 3 is 2.81 bits per heavy atom. The molecule has 0 saturated heterocycles. The first-order chi connectivity index (χ1) is 7.41. The summed E-state index contributed by atoms with van der Waals surface area (Å²) < 4.78 is 0. The average Bonchev–Trinajstić information content (AvgIpc) is 2.23. The summed E-state index contributed by atoms with van der Waals surface area (Å²) in [7, 11) is 0. The van der Waals surface area contributed by atoms with Crippen LogP contribution in [0.1, 0.15) is 25.8 Å². The van der Waals surface area contributed by atoms with Gasteiger partial charge in [0.2, 0.25) is 5.95 Å². The van der Waals surface area contributed by atoms with E-state index in [1.165, 1.54) is 0 Å². The number of hydrogen-bond donors (Lipinski definition) is 3. The molecule has 0 aromatic carbocycles. The van der Waals surface area contributed by atoms with Gasteiger partial charge in [0.1, 0.15) is 5.82 Å². The molecule has 2 atom stereocenters. The fourth-order valence-electron chi connectivity index (χ4n) is 1.91. The number of anilines is 2. The van der Waals surface area contributed by atoms with E-state index in [1.54, 1.807) is 6.20 Å². The molecule has 1 fully saturated rings. The summed E-state index contributed by atoms with van der Waals surface area (Å²) in [6.45, 7) is 6.02. The lowest BCUT2D eigenvalue weighted by Crippen LogP contribution is -2.57. The van der Waals surface area contributed by atoms with Crippen LogP contribution in [-0.4, -0.2) is 27.2 Å². The molecule has 0 aliphatic heterocycles. The summed E-state index contributed by atoms with van der Waals surface area (Å²) in [6, 6.07) is 0.232. The molecular weight excluding hydrogens is 204 g/mol. The lowest BCUT2D eigenvalue weighted by Gasteiger charge is -2.49. The smallest absolute Gasteiger partial charge is 0.221 e. The molecule has 0 radical (unpaired) electrons. The molecule has 1 aromatic rings. The second-order valence-corrected chi connectivity index (χ2v) is 5.03. The van der Waals surface area contributed by atoms with Gasteiger partial charge in [-0.1, -0.05) is 13.8 Å². The minimum absolute atomic E-state index is 0.119. The van der Waals surface area contributed by atoms with E-state index in [0.29, 0.717) is 0 Å². The molecule has 4 N–H and O–H groups in total. The van der Waals surface area contributed by atoms with E-state index in [0.717, 1.165) is 17.8 Å². The maximum absolute atomic E-state index is 9.65. The van der Waals surface area contributed by atoms with E-state index >= 15 is 0 Å². The highest BCUT2D eigenvalue weighted by molar-refractivity contribution is 5.47. The van der Waals surface area contributed by atoms with Gasteiger partial charge in [0.25, 0.3) is 0 Å². The molecule has 0 bridgehead atoms. The minimum atomic E-state index is -0.246. The zero-order chi connectivity index (χ0) is 11.9. The summed E-state index contributed by atoms with van der Waals surface area (Å²) in [6.07, 6.45) is 2.20. The lowest BCUT2D eigenvalue weighted by atomic mass is 9.64. The van der Waals surface area contributed by atoms with Crippen molar-refractivity contribution < 1.29 is 5.11 Å². The molecule has 5 nitrogen and oxygen atoms in total. The molecule has 1 aromatic heterocycles. The summed E-state index contributed by atoms with van der Waals surface area (Å²) in [4.78, 5) is 8.08. The molecular formula is C11H18N4O. The molecule has 1 aliphatic carbocycles. The van der Waals surface area contributed by atoms with Gasteiger partial charge in [0, 0.05) is 23.2 Å². The van der Waals surface area contributed by atoms with Gasteiger partial charge in [-0.15, -0.1) is 0 Å². The number of nitrogens with two attached hydrogens (primary N) is 1. The van der Waals surface area contributed by atoms with Crippen molar-refractivity contribution in [3.63, 3.8) is 0 Å². The van der Waals surface area contributed by atoms with Crippen molar-refractivity contribution in [3.05, 3.63) is 11.8 Å². The number of hydrogen-bond acceptors (Lipinski definition) is 5. The normalized spacial score (nSPS) is 27.2. The van der Waals surface area contributed by atoms with Crippen LogP contribution < -0.4 is 11.1 Å². The van der Waals surface area contributed by atoms with Crippen LogP contribution in [0.15, 0.2) is 6.20 Å². The van der Waals surface area contributed by atoms with Crippen molar-refractivity contribution in [2.75, 3.05) is 11.1 Å². The number of aliphatic hydroxyl groups is 1. The third-order valence-electron chi connectivity index (χ3n) is 3.52. The molecule has 1 heterocycles. The summed E-state index contributed by atoms with van der Waals surface area (Å²) in [5.41, 5.74) is 6.39. The van der Waals surface area contributed by atoms with Crippen molar-refractivity contribution >= 4 is 11.8 Å². The Morgan fingerprint density at radius 2 is 2.25 bits per heavy atom. The number of nitrogens with one attached hydrogen (secondary N) is 1. The predicted molar refractivity (Wildman–Crippen MR) is 63.0 cm³/mol. The second-order valence-electron chi connectivity index (χ2n) is 5.03. The Morgan fingerprint density at radius 1 is 1.56 bits per heavy atom. The summed E-state index contributed by atoms with van der Waals surface area (Å²) in [5.74, 6) is 1.03. The number of rotatable bonds is 2. The van der Waals surface area contributed by atoms with E-state index in [1.807, 2.05) is 20.8 Å². The zero-order valence-electron chi connectivity index (χ0n) is 9.86. The summed E-state index contributed by atoms with van der Waals surface area (Å²) >= 11 is 0. The van der Waals surface area contributed by atoms with E-state index in [-0.39, 0.29) is 23.5 Å². The minimum Gasteiger partial charge on any atom is -0.392 e. The SMILES string of the molecule is Cc1cnc(N)nc1NC1CC(O)C1(C)C. The third kappa shape index (κ3) is 1.71. The van der Waals surface area contributed by atoms with Crippen LogP contribution in [0, 0.1) is 12.3 Å². The van der Waals surface area contributed by atoms with Crippen molar-refractivity contribution in [1.29, 1.82) is 0 Å². The van der Waals surface area contributed by atoms with Crippen molar-refractivity contribution in [3.8, 4) is 0 Å². The highest BCUT2D eigenvalue weighted by Gasteiger charge is 2.47. The van der Waals surface area contributed by atoms with Gasteiger partial charge in [0.05, 0.1) is 6.10 Å². The lowest BCUT2D eigenvalue weighted by molar-refractivity contribution is -0.0511. The Labute approximate surface area is 95.1 Å². The Balaban J connectivity index is 2.13. The predicted octanol–water partition coefficient (Wildman–Crippen LogP) is 0.939. The Bertz CT molecular complexity index is 405. The fourth-order valence-corrected chi connectivity index (χ4v) is 1.91. The van der Waals surface area contributed by atoms with Gasteiger partial charge in [-0.05, 0) is 13.3 Å². The van der Waals surface area contributed by atoms with Crippen LogP contribution >= 0.6 is 0 Å². The molecule has 0 amide bonds. The number of aliphatic hydroxyl groups excluding tert-OH is 1. The van der Waals surface area contributed by atoms with Crippen LogP contribution in [0.25, 0.3) is 0 Å². The molecule has 1 aliphatic rings. The number of nitrogens with zero attached hydrogens (tertiary/aromatic N) is 2. The Hall–Kier alpha value is -1.36. The van der Waals surface area contributed by atoms with E-state index < -0.39 is 0 Å². The van der Waals surface area contributed by atoms with Crippen LogP contribution in [0.4, 0.5) is 11.8 Å². The van der Waals surface area contributed by atoms with Crippen LogP contribution in [0.5, 0.6) is 0 Å². The van der Waals surface area contributed by atoms with Gasteiger partial charge in [-0.2, -0.15) is 4.98 Å². The van der Waals surface area contributed by atoms with E-state index in [2.05, 4.69) is 15.3 Å². The maximum Gasteiger partial charge on any atom is 0.221 e. The van der Waals surface area contributed by atoms with E-state index in [4.69, 9.17) is 5.73 Å². The van der Waals surface area contributed by atoms with Gasteiger partial charge < -0.3 is 16.2 Å². The third-order valence-corrected chi connectivity index (χ3v) is 3.52. The molecule has 0 spiro atoms. The average molecular weight is 222 g/mol. The number of nitrogen functional groups attached to an aromatic ring is 1. The van der Waals surface area contributed by atoms with Crippen LogP contribution in [-0.2, 0) is 0 Å². The van der Waals surface area contributed by atoms with Crippen LogP contribution in [0.2, 0.25) is 0 Å². The standard InChI is InChI=1S/C11H18N4O/c1-6-5-13-10(12)15-9(6)14-7-4-8(16)11(7,2)3/h5,7-8,16H,4H2,1-3H3,(H3,12,13,14,15). The monoisotopic (exact) mass is 222 g/mol. The first-order valence-corrected chi connectivity index (χ1v) is 5.45. The zero-order valence-corrected chi connectivity index (χ0v) is 9.86. The quantitative estimate of drug-likeness (QED) is 0.693. The number of aromatic nitrogens is 2. The first-order valence-electron chi connectivity index (χ1n) is 5.45. The Kier molecular flexibility index (Phi) is 2.50.